The van der Waals surface area contributed by atoms with Crippen molar-refractivity contribution in [2.75, 3.05) is 20.6 Å². The largest absolute Gasteiger partial charge is 0.338 e. The van der Waals surface area contributed by atoms with E-state index in [0.717, 1.165) is 11.0 Å². The number of hydrogen-bond acceptors (Lipinski definition) is 2. The van der Waals surface area contributed by atoms with Crippen LogP contribution in [0.4, 0.5) is 4.79 Å². The summed E-state index contributed by atoms with van der Waals surface area (Å²) in [4.78, 5) is 27.4. The summed E-state index contributed by atoms with van der Waals surface area (Å²) in [6, 6.07) is 7.46. The first-order chi connectivity index (χ1) is 9.09. The minimum Gasteiger partial charge on any atom is -0.338 e. The second-order valence-electron chi connectivity index (χ2n) is 4.58. The van der Waals surface area contributed by atoms with Crippen LogP contribution in [-0.4, -0.2) is 41.1 Å². The molecule has 0 radical (unpaired) electrons. The van der Waals surface area contributed by atoms with E-state index in [0.29, 0.717) is 19.5 Å². The smallest absolute Gasteiger partial charge is 0.326 e. The predicted octanol–water partition coefficient (Wildman–Crippen LogP) is 0.991. The fraction of sp³-hybridized carbons (Fsp3) is 0.385. The van der Waals surface area contributed by atoms with Gasteiger partial charge in [0.15, 0.2) is 0 Å². The number of fused-ring (bicyclic) bond motifs is 1. The molecule has 0 bridgehead atoms. The third kappa shape index (κ3) is 2.96. The van der Waals surface area contributed by atoms with Crippen LogP contribution < -0.4 is 11.0 Å². The lowest BCUT2D eigenvalue weighted by Crippen LogP contribution is -2.35. The van der Waals surface area contributed by atoms with Crippen LogP contribution in [0.3, 0.4) is 0 Å². The first kappa shape index (κ1) is 13.2. The van der Waals surface area contributed by atoms with Crippen LogP contribution in [0.25, 0.3) is 11.0 Å². The number of carbonyl (C=O) groups excluding carboxylic acids is 1. The number of para-hydroxylation sites is 2. The topological polar surface area (TPSA) is 70.1 Å². The van der Waals surface area contributed by atoms with Crippen molar-refractivity contribution in [3.63, 3.8) is 0 Å². The Morgan fingerprint density at radius 1 is 1.37 bits per heavy atom. The van der Waals surface area contributed by atoms with Gasteiger partial charge in [-0.15, -0.1) is 0 Å². The van der Waals surface area contributed by atoms with Gasteiger partial charge in [-0.1, -0.05) is 12.1 Å². The maximum Gasteiger partial charge on any atom is 0.326 e. The quantitative estimate of drug-likeness (QED) is 0.807. The summed E-state index contributed by atoms with van der Waals surface area (Å²) in [5.41, 5.74) is 1.62. The highest BCUT2D eigenvalue weighted by molar-refractivity contribution is 5.75. The van der Waals surface area contributed by atoms with E-state index < -0.39 is 0 Å². The molecule has 1 aromatic carbocycles. The van der Waals surface area contributed by atoms with E-state index in [1.807, 2.05) is 24.3 Å². The number of aromatic nitrogens is 2. The summed E-state index contributed by atoms with van der Waals surface area (Å²) in [7, 11) is 3.39. The average Bonchev–Trinajstić information content (AvgIpc) is 2.70. The predicted molar refractivity (Wildman–Crippen MR) is 74.3 cm³/mol. The zero-order valence-electron chi connectivity index (χ0n) is 11.1. The van der Waals surface area contributed by atoms with E-state index >= 15 is 0 Å². The molecule has 0 atom stereocenters. The molecule has 2 rings (SSSR count). The summed E-state index contributed by atoms with van der Waals surface area (Å²) < 4.78 is 1.69. The van der Waals surface area contributed by atoms with Crippen LogP contribution in [-0.2, 0) is 6.54 Å². The van der Waals surface area contributed by atoms with Crippen molar-refractivity contribution in [2.45, 2.75) is 13.0 Å². The Morgan fingerprint density at radius 2 is 2.11 bits per heavy atom. The Balaban J connectivity index is 1.97. The number of benzene rings is 1. The number of urea groups is 1. The minimum absolute atomic E-state index is 0.111. The molecule has 0 aliphatic heterocycles. The standard InChI is InChI=1S/C13H18N4O2/c1-16(2)12(18)14-8-5-9-17-11-7-4-3-6-10(11)15-13(17)19/h3-4,6-7H,5,8-9H2,1-2H3,(H,14,18)(H,15,19). The molecule has 0 saturated carbocycles. The maximum absolute atomic E-state index is 11.8. The Bertz CT molecular complexity index is 627. The van der Waals surface area contributed by atoms with E-state index in [2.05, 4.69) is 10.3 Å². The normalized spacial score (nSPS) is 10.6. The summed E-state index contributed by atoms with van der Waals surface area (Å²) >= 11 is 0. The summed E-state index contributed by atoms with van der Waals surface area (Å²) in [5.74, 6) is 0. The maximum atomic E-state index is 11.8. The van der Waals surface area contributed by atoms with Gasteiger partial charge in [0.25, 0.3) is 0 Å². The van der Waals surface area contributed by atoms with Gasteiger partial charge in [-0.25, -0.2) is 9.59 Å². The second-order valence-corrected chi connectivity index (χ2v) is 4.58. The summed E-state index contributed by atoms with van der Waals surface area (Å²) in [6.07, 6.45) is 0.710. The molecular weight excluding hydrogens is 244 g/mol. The molecule has 0 fully saturated rings. The zero-order chi connectivity index (χ0) is 13.8. The molecular formula is C13H18N4O2. The molecule has 2 aromatic rings. The molecule has 1 aromatic heterocycles. The number of nitrogens with zero attached hydrogens (tertiary/aromatic N) is 2. The highest BCUT2D eigenvalue weighted by Gasteiger charge is 2.06. The first-order valence-electron chi connectivity index (χ1n) is 6.22. The number of amides is 2. The number of nitrogens with one attached hydrogen (secondary N) is 2. The van der Waals surface area contributed by atoms with E-state index in [1.54, 1.807) is 18.7 Å². The van der Waals surface area contributed by atoms with Crippen molar-refractivity contribution in [1.29, 1.82) is 0 Å². The molecule has 0 aliphatic rings. The molecule has 6 nitrogen and oxygen atoms in total. The van der Waals surface area contributed by atoms with Gasteiger partial charge in [0, 0.05) is 27.2 Å². The van der Waals surface area contributed by atoms with E-state index in [1.165, 1.54) is 4.90 Å². The van der Waals surface area contributed by atoms with Gasteiger partial charge in [-0.3, -0.25) is 4.57 Å². The third-order valence-electron chi connectivity index (χ3n) is 2.92. The van der Waals surface area contributed by atoms with Crippen molar-refractivity contribution >= 4 is 17.1 Å². The number of carbonyl (C=O) groups is 1. The molecule has 0 spiro atoms. The first-order valence-corrected chi connectivity index (χ1v) is 6.22. The average molecular weight is 262 g/mol. The van der Waals surface area contributed by atoms with Crippen LogP contribution in [0.5, 0.6) is 0 Å². The molecule has 0 aliphatic carbocycles. The second kappa shape index (κ2) is 5.60. The van der Waals surface area contributed by atoms with Gasteiger partial charge in [0.05, 0.1) is 11.0 Å². The summed E-state index contributed by atoms with van der Waals surface area (Å²) in [6.45, 7) is 1.12. The highest BCUT2D eigenvalue weighted by Crippen LogP contribution is 2.08. The molecule has 19 heavy (non-hydrogen) atoms. The van der Waals surface area contributed by atoms with Gasteiger partial charge in [0.2, 0.25) is 0 Å². The van der Waals surface area contributed by atoms with Gasteiger partial charge < -0.3 is 15.2 Å². The van der Waals surface area contributed by atoms with Gasteiger partial charge in [0.1, 0.15) is 0 Å². The number of rotatable bonds is 4. The van der Waals surface area contributed by atoms with Crippen molar-refractivity contribution < 1.29 is 4.79 Å². The number of imidazole rings is 1. The molecule has 2 N–H and O–H groups in total. The van der Waals surface area contributed by atoms with Gasteiger partial charge in [-0.2, -0.15) is 0 Å². The Labute approximate surface area is 111 Å². The fourth-order valence-electron chi connectivity index (χ4n) is 1.92. The number of aryl methyl sites for hydroxylation is 1. The molecule has 6 heteroatoms. The third-order valence-corrected chi connectivity index (χ3v) is 2.92. The fourth-order valence-corrected chi connectivity index (χ4v) is 1.92. The minimum atomic E-state index is -0.119. The van der Waals surface area contributed by atoms with Gasteiger partial charge >= 0.3 is 11.7 Å². The van der Waals surface area contributed by atoms with Crippen molar-refractivity contribution in [3.8, 4) is 0 Å². The lowest BCUT2D eigenvalue weighted by molar-refractivity contribution is 0.217. The van der Waals surface area contributed by atoms with E-state index in [4.69, 9.17) is 0 Å². The van der Waals surface area contributed by atoms with Crippen LogP contribution in [0.1, 0.15) is 6.42 Å². The lowest BCUT2D eigenvalue weighted by atomic mass is 10.3. The van der Waals surface area contributed by atoms with Crippen LogP contribution >= 0.6 is 0 Å². The van der Waals surface area contributed by atoms with Crippen LogP contribution in [0.15, 0.2) is 29.1 Å². The molecule has 1 heterocycles. The van der Waals surface area contributed by atoms with E-state index in [-0.39, 0.29) is 11.7 Å². The Hall–Kier alpha value is -2.24. The summed E-state index contributed by atoms with van der Waals surface area (Å²) in [5, 5.41) is 2.77. The van der Waals surface area contributed by atoms with Crippen molar-refractivity contribution in [2.24, 2.45) is 0 Å². The molecule has 2 amide bonds. The monoisotopic (exact) mass is 262 g/mol. The number of H-pyrrole nitrogens is 1. The highest BCUT2D eigenvalue weighted by atomic mass is 16.2. The van der Waals surface area contributed by atoms with Crippen molar-refractivity contribution in [3.05, 3.63) is 34.7 Å². The van der Waals surface area contributed by atoms with Crippen LogP contribution in [0.2, 0.25) is 0 Å². The molecule has 0 unspecified atom stereocenters. The molecule has 102 valence electrons. The number of aromatic amines is 1. The van der Waals surface area contributed by atoms with Crippen LogP contribution in [0, 0.1) is 0 Å². The zero-order valence-corrected chi connectivity index (χ0v) is 11.1. The Kier molecular flexibility index (Phi) is 3.89. The molecule has 0 saturated heterocycles. The van der Waals surface area contributed by atoms with E-state index in [9.17, 15) is 9.59 Å². The SMILES string of the molecule is CN(C)C(=O)NCCCn1c(=O)[nH]c2ccccc21. The lowest BCUT2D eigenvalue weighted by Gasteiger charge is -2.11. The van der Waals surface area contributed by atoms with Crippen molar-refractivity contribution in [1.82, 2.24) is 19.8 Å². The van der Waals surface area contributed by atoms with Gasteiger partial charge in [-0.05, 0) is 18.6 Å². The number of hydrogen-bond donors (Lipinski definition) is 2. The Morgan fingerprint density at radius 3 is 2.84 bits per heavy atom.